The van der Waals surface area contributed by atoms with Crippen molar-refractivity contribution in [3.05, 3.63) is 24.3 Å². The molecule has 3 rings (SSSR count). The highest BCUT2D eigenvalue weighted by Crippen LogP contribution is 2.25. The number of anilines is 1. The molecule has 5 heteroatoms. The van der Waals surface area contributed by atoms with Crippen LogP contribution in [-0.4, -0.2) is 30.0 Å². The van der Waals surface area contributed by atoms with E-state index in [1.807, 2.05) is 0 Å². The average Bonchev–Trinajstić information content (AvgIpc) is 2.65. The van der Waals surface area contributed by atoms with E-state index in [0.29, 0.717) is 5.75 Å². The Morgan fingerprint density at radius 1 is 0.917 bits per heavy atom. The van der Waals surface area contributed by atoms with Gasteiger partial charge in [-0.15, -0.1) is 0 Å². The van der Waals surface area contributed by atoms with Gasteiger partial charge in [0.15, 0.2) is 0 Å². The first-order chi connectivity index (χ1) is 11.7. The summed E-state index contributed by atoms with van der Waals surface area (Å²) < 4.78 is 5.40. The van der Waals surface area contributed by atoms with Crippen molar-refractivity contribution in [3.8, 4) is 5.75 Å². The number of hydrogen-bond acceptors (Lipinski definition) is 3. The molecule has 1 aromatic carbocycles. The summed E-state index contributed by atoms with van der Waals surface area (Å²) in [6, 6.07) is 7.05. The van der Waals surface area contributed by atoms with Gasteiger partial charge in [-0.05, 0) is 56.4 Å². The van der Waals surface area contributed by atoms with E-state index in [9.17, 15) is 9.59 Å². The summed E-state index contributed by atoms with van der Waals surface area (Å²) in [5.74, 6) is 0.754. The highest BCUT2D eigenvalue weighted by Gasteiger charge is 2.21. The molecule has 1 N–H and O–H groups in total. The van der Waals surface area contributed by atoms with Crippen LogP contribution < -0.4 is 10.1 Å². The van der Waals surface area contributed by atoms with Crippen molar-refractivity contribution < 1.29 is 14.3 Å². The van der Waals surface area contributed by atoms with E-state index in [2.05, 4.69) is 5.32 Å². The van der Waals surface area contributed by atoms with Crippen molar-refractivity contribution in [2.75, 3.05) is 18.4 Å². The highest BCUT2D eigenvalue weighted by molar-refractivity contribution is 5.92. The first kappa shape index (κ1) is 16.8. The van der Waals surface area contributed by atoms with Crippen molar-refractivity contribution in [1.82, 2.24) is 4.90 Å². The van der Waals surface area contributed by atoms with Crippen LogP contribution >= 0.6 is 0 Å². The fourth-order valence-electron chi connectivity index (χ4n) is 3.46. The molecule has 0 bridgehead atoms. The van der Waals surface area contributed by atoms with E-state index in [0.717, 1.165) is 57.3 Å². The quantitative estimate of drug-likeness (QED) is 0.904. The number of hydrogen-bond donors (Lipinski definition) is 1. The second-order valence-electron chi connectivity index (χ2n) is 6.76. The monoisotopic (exact) mass is 330 g/mol. The van der Waals surface area contributed by atoms with Gasteiger partial charge in [0.25, 0.3) is 0 Å². The maximum Gasteiger partial charge on any atom is 0.415 e. The van der Waals surface area contributed by atoms with Crippen molar-refractivity contribution in [2.24, 2.45) is 5.92 Å². The van der Waals surface area contributed by atoms with Crippen LogP contribution in [0.25, 0.3) is 0 Å². The van der Waals surface area contributed by atoms with Crippen molar-refractivity contribution in [1.29, 1.82) is 0 Å². The van der Waals surface area contributed by atoms with E-state index in [4.69, 9.17) is 4.74 Å². The van der Waals surface area contributed by atoms with Gasteiger partial charge in [0.05, 0.1) is 0 Å². The Bertz CT molecular complexity index is 507. The Morgan fingerprint density at radius 2 is 1.54 bits per heavy atom. The fraction of sp³-hybridized carbons (Fsp3) is 0.579. The van der Waals surface area contributed by atoms with Crippen molar-refractivity contribution in [2.45, 2.75) is 51.4 Å². The van der Waals surface area contributed by atoms with Crippen LogP contribution in [0.5, 0.6) is 5.75 Å². The lowest BCUT2D eigenvalue weighted by molar-refractivity contribution is -0.120. The van der Waals surface area contributed by atoms with E-state index < -0.39 is 0 Å². The molecule has 2 aliphatic rings. The molecule has 1 saturated heterocycles. The van der Waals surface area contributed by atoms with Crippen LogP contribution in [-0.2, 0) is 4.79 Å². The lowest BCUT2D eigenvalue weighted by Crippen LogP contribution is -2.37. The van der Waals surface area contributed by atoms with Crippen LogP contribution in [0.2, 0.25) is 0 Å². The number of rotatable bonds is 3. The summed E-state index contributed by atoms with van der Waals surface area (Å²) in [6.07, 6.45) is 8.47. The van der Waals surface area contributed by atoms with Gasteiger partial charge in [0.1, 0.15) is 5.75 Å². The van der Waals surface area contributed by atoms with Crippen LogP contribution in [0, 0.1) is 5.92 Å². The first-order valence-electron chi connectivity index (χ1n) is 9.10. The third-order valence-corrected chi connectivity index (χ3v) is 4.92. The first-order valence-corrected chi connectivity index (χ1v) is 9.10. The predicted molar refractivity (Wildman–Crippen MR) is 93.1 cm³/mol. The Morgan fingerprint density at radius 3 is 2.21 bits per heavy atom. The van der Waals surface area contributed by atoms with Gasteiger partial charge >= 0.3 is 6.09 Å². The lowest BCUT2D eigenvalue weighted by atomic mass is 9.88. The molecule has 1 saturated carbocycles. The fourth-order valence-corrected chi connectivity index (χ4v) is 3.46. The molecule has 0 spiro atoms. The topological polar surface area (TPSA) is 58.6 Å². The standard InChI is InChI=1S/C19H26N2O3/c22-18(15-7-3-1-4-8-15)20-16-9-11-17(12-10-16)24-19(23)21-13-5-2-6-14-21/h9-12,15H,1-8,13-14H2,(H,20,22). The summed E-state index contributed by atoms with van der Waals surface area (Å²) in [6.45, 7) is 1.54. The maximum absolute atomic E-state index is 12.2. The van der Waals surface area contributed by atoms with Crippen LogP contribution in [0.15, 0.2) is 24.3 Å². The van der Waals surface area contributed by atoms with Gasteiger partial charge in [-0.25, -0.2) is 4.79 Å². The molecule has 1 aliphatic carbocycles. The van der Waals surface area contributed by atoms with Gasteiger partial charge in [-0.1, -0.05) is 19.3 Å². The number of carbonyl (C=O) groups is 2. The minimum atomic E-state index is -0.284. The van der Waals surface area contributed by atoms with E-state index in [1.165, 1.54) is 12.8 Å². The minimum absolute atomic E-state index is 0.104. The maximum atomic E-state index is 12.2. The van der Waals surface area contributed by atoms with Gasteiger partial charge in [0.2, 0.25) is 5.91 Å². The zero-order valence-electron chi connectivity index (χ0n) is 14.1. The molecule has 0 radical (unpaired) electrons. The Labute approximate surface area is 143 Å². The van der Waals surface area contributed by atoms with Crippen molar-refractivity contribution in [3.63, 3.8) is 0 Å². The van der Waals surface area contributed by atoms with Gasteiger partial charge in [0, 0.05) is 24.7 Å². The second kappa shape index (κ2) is 8.18. The largest absolute Gasteiger partial charge is 0.415 e. The van der Waals surface area contributed by atoms with Gasteiger partial charge in [-0.3, -0.25) is 4.79 Å². The summed E-state index contributed by atoms with van der Waals surface area (Å²) in [4.78, 5) is 26.1. The average molecular weight is 330 g/mol. The molecule has 1 heterocycles. The van der Waals surface area contributed by atoms with Crippen LogP contribution in [0.1, 0.15) is 51.4 Å². The zero-order valence-corrected chi connectivity index (χ0v) is 14.1. The molecule has 0 atom stereocenters. The molecule has 130 valence electrons. The number of piperidine rings is 1. The Kier molecular flexibility index (Phi) is 5.72. The van der Waals surface area contributed by atoms with E-state index >= 15 is 0 Å². The summed E-state index contributed by atoms with van der Waals surface area (Å²) in [5, 5.41) is 2.97. The molecule has 24 heavy (non-hydrogen) atoms. The number of carbonyl (C=O) groups excluding carboxylic acids is 2. The van der Waals surface area contributed by atoms with Crippen molar-refractivity contribution >= 4 is 17.7 Å². The molecule has 2 amide bonds. The SMILES string of the molecule is O=C(Nc1ccc(OC(=O)N2CCCCC2)cc1)C1CCCCC1. The molecule has 0 unspecified atom stereocenters. The molecular formula is C19H26N2O3. The zero-order chi connectivity index (χ0) is 16.8. The predicted octanol–water partition coefficient (Wildman–Crippen LogP) is 4.19. The van der Waals surface area contributed by atoms with E-state index in [1.54, 1.807) is 29.2 Å². The lowest BCUT2D eigenvalue weighted by Gasteiger charge is -2.25. The summed E-state index contributed by atoms with van der Waals surface area (Å²) in [7, 11) is 0. The summed E-state index contributed by atoms with van der Waals surface area (Å²) in [5.41, 5.74) is 0.753. The molecule has 0 aromatic heterocycles. The second-order valence-corrected chi connectivity index (χ2v) is 6.76. The Balaban J connectivity index is 1.51. The van der Waals surface area contributed by atoms with Crippen LogP contribution in [0.3, 0.4) is 0 Å². The minimum Gasteiger partial charge on any atom is -0.410 e. The van der Waals surface area contributed by atoms with Gasteiger partial charge < -0.3 is 15.0 Å². The smallest absolute Gasteiger partial charge is 0.410 e. The number of amides is 2. The summed E-state index contributed by atoms with van der Waals surface area (Å²) >= 11 is 0. The number of nitrogens with one attached hydrogen (secondary N) is 1. The third-order valence-electron chi connectivity index (χ3n) is 4.92. The molecular weight excluding hydrogens is 304 g/mol. The number of benzene rings is 1. The van der Waals surface area contributed by atoms with Gasteiger partial charge in [-0.2, -0.15) is 0 Å². The number of likely N-dealkylation sites (tertiary alicyclic amines) is 1. The molecule has 1 aromatic rings. The highest BCUT2D eigenvalue weighted by atomic mass is 16.6. The Hall–Kier alpha value is -2.04. The number of ether oxygens (including phenoxy) is 1. The third kappa shape index (κ3) is 4.49. The molecule has 5 nitrogen and oxygen atoms in total. The number of nitrogens with zero attached hydrogens (tertiary/aromatic N) is 1. The van der Waals surface area contributed by atoms with E-state index in [-0.39, 0.29) is 17.9 Å². The van der Waals surface area contributed by atoms with Crippen LogP contribution in [0.4, 0.5) is 10.5 Å². The molecule has 2 fully saturated rings. The normalized spacial score (nSPS) is 18.9. The molecule has 1 aliphatic heterocycles.